The first-order valence-corrected chi connectivity index (χ1v) is 4.82. The Morgan fingerprint density at radius 2 is 2.46 bits per heavy atom. The number of nitrogens with zero attached hydrogens (tertiary/aromatic N) is 1. The van der Waals surface area contributed by atoms with E-state index in [1.54, 1.807) is 7.11 Å². The van der Waals surface area contributed by atoms with E-state index >= 15 is 0 Å². The molecule has 1 N–H and O–H groups in total. The molecule has 0 spiro atoms. The minimum absolute atomic E-state index is 0.138. The summed E-state index contributed by atoms with van der Waals surface area (Å²) in [6, 6.07) is 0.433. The molecule has 0 aromatic rings. The van der Waals surface area contributed by atoms with Crippen molar-refractivity contribution in [2.24, 2.45) is 5.92 Å². The largest absolute Gasteiger partial charge is 0.375 e. The van der Waals surface area contributed by atoms with E-state index in [1.165, 1.54) is 0 Å². The molecular formula is C9H16N2O2. The van der Waals surface area contributed by atoms with Gasteiger partial charge >= 0.3 is 0 Å². The number of ether oxygens (including phenoxy) is 1. The first-order chi connectivity index (χ1) is 6.33. The molecule has 2 atom stereocenters. The maximum absolute atomic E-state index is 11.6. The van der Waals surface area contributed by atoms with E-state index in [-0.39, 0.29) is 12.5 Å². The standard InChI is InChI=1S/C9H16N2O2/c1-13-6-9(12)11-3-2-7-4-10-5-8(7)11/h7-8,10H,2-6H2,1H3/t7-,8+/m0/s1. The van der Waals surface area contributed by atoms with Crippen molar-refractivity contribution in [3.8, 4) is 0 Å². The molecule has 4 heteroatoms. The van der Waals surface area contributed by atoms with Crippen LogP contribution in [0.1, 0.15) is 6.42 Å². The van der Waals surface area contributed by atoms with Crippen molar-refractivity contribution in [2.75, 3.05) is 33.4 Å². The Morgan fingerprint density at radius 1 is 1.62 bits per heavy atom. The van der Waals surface area contributed by atoms with Crippen LogP contribution in [-0.2, 0) is 9.53 Å². The molecule has 2 fully saturated rings. The fraction of sp³-hybridized carbons (Fsp3) is 0.889. The molecule has 0 saturated carbocycles. The predicted octanol–water partition coefficient (Wildman–Crippen LogP) is -0.547. The third-order valence-electron chi connectivity index (χ3n) is 3.03. The van der Waals surface area contributed by atoms with Gasteiger partial charge in [0.1, 0.15) is 6.61 Å². The van der Waals surface area contributed by atoms with Gasteiger partial charge in [0.25, 0.3) is 0 Å². The van der Waals surface area contributed by atoms with Crippen LogP contribution in [0.15, 0.2) is 0 Å². The molecule has 0 bridgehead atoms. The number of hydrogen-bond donors (Lipinski definition) is 1. The van der Waals surface area contributed by atoms with Gasteiger partial charge in [0.2, 0.25) is 5.91 Å². The Hall–Kier alpha value is -0.610. The molecule has 2 aliphatic heterocycles. The van der Waals surface area contributed by atoms with Gasteiger partial charge < -0.3 is 15.0 Å². The van der Waals surface area contributed by atoms with Crippen LogP contribution in [0.5, 0.6) is 0 Å². The lowest BCUT2D eigenvalue weighted by Gasteiger charge is -2.22. The summed E-state index contributed by atoms with van der Waals surface area (Å²) in [4.78, 5) is 13.5. The number of methoxy groups -OCH3 is 1. The van der Waals surface area contributed by atoms with Crippen molar-refractivity contribution in [2.45, 2.75) is 12.5 Å². The minimum Gasteiger partial charge on any atom is -0.375 e. The zero-order valence-electron chi connectivity index (χ0n) is 7.95. The molecule has 4 nitrogen and oxygen atoms in total. The molecule has 0 unspecified atom stereocenters. The Kier molecular flexibility index (Phi) is 2.51. The topological polar surface area (TPSA) is 41.6 Å². The maximum Gasteiger partial charge on any atom is 0.248 e. The molecule has 74 valence electrons. The Balaban J connectivity index is 1.96. The normalized spacial score (nSPS) is 32.2. The van der Waals surface area contributed by atoms with E-state index in [0.29, 0.717) is 12.0 Å². The maximum atomic E-state index is 11.6. The zero-order valence-corrected chi connectivity index (χ0v) is 7.95. The Morgan fingerprint density at radius 3 is 3.23 bits per heavy atom. The van der Waals surface area contributed by atoms with Gasteiger partial charge in [-0.15, -0.1) is 0 Å². The Bertz CT molecular complexity index is 208. The molecule has 0 aliphatic carbocycles. The molecule has 13 heavy (non-hydrogen) atoms. The van der Waals surface area contributed by atoms with E-state index in [4.69, 9.17) is 4.74 Å². The highest BCUT2D eigenvalue weighted by atomic mass is 16.5. The van der Waals surface area contributed by atoms with Gasteiger partial charge in [0.15, 0.2) is 0 Å². The van der Waals surface area contributed by atoms with Crippen molar-refractivity contribution in [3.63, 3.8) is 0 Å². The van der Waals surface area contributed by atoms with Crippen LogP contribution in [0.4, 0.5) is 0 Å². The fourth-order valence-corrected chi connectivity index (χ4v) is 2.37. The van der Waals surface area contributed by atoms with Gasteiger partial charge in [0, 0.05) is 32.8 Å². The summed E-state index contributed by atoms with van der Waals surface area (Å²) >= 11 is 0. The zero-order chi connectivity index (χ0) is 9.26. The molecule has 0 aromatic heterocycles. The first-order valence-electron chi connectivity index (χ1n) is 4.82. The minimum atomic E-state index is 0.138. The van der Waals surface area contributed by atoms with Crippen molar-refractivity contribution in [1.29, 1.82) is 0 Å². The Labute approximate surface area is 78.2 Å². The fourth-order valence-electron chi connectivity index (χ4n) is 2.37. The highest BCUT2D eigenvalue weighted by Gasteiger charge is 2.39. The van der Waals surface area contributed by atoms with E-state index in [0.717, 1.165) is 26.1 Å². The number of fused-ring (bicyclic) bond motifs is 1. The van der Waals surface area contributed by atoms with Gasteiger partial charge in [0.05, 0.1) is 0 Å². The molecule has 2 aliphatic rings. The van der Waals surface area contributed by atoms with Crippen LogP contribution in [0.25, 0.3) is 0 Å². The monoisotopic (exact) mass is 184 g/mol. The highest BCUT2D eigenvalue weighted by molar-refractivity contribution is 5.78. The third-order valence-corrected chi connectivity index (χ3v) is 3.03. The average molecular weight is 184 g/mol. The van der Waals surface area contributed by atoms with Crippen molar-refractivity contribution >= 4 is 5.91 Å². The van der Waals surface area contributed by atoms with Crippen molar-refractivity contribution < 1.29 is 9.53 Å². The van der Waals surface area contributed by atoms with Gasteiger partial charge in [-0.25, -0.2) is 0 Å². The SMILES string of the molecule is COCC(=O)N1CC[C@H]2CNC[C@H]21. The second-order valence-electron chi connectivity index (χ2n) is 3.79. The van der Waals surface area contributed by atoms with E-state index in [1.807, 2.05) is 4.90 Å². The van der Waals surface area contributed by atoms with E-state index in [2.05, 4.69) is 5.32 Å². The van der Waals surface area contributed by atoms with Crippen LogP contribution < -0.4 is 5.32 Å². The van der Waals surface area contributed by atoms with Crippen LogP contribution in [-0.4, -0.2) is 50.2 Å². The second-order valence-corrected chi connectivity index (χ2v) is 3.79. The van der Waals surface area contributed by atoms with Crippen LogP contribution in [0.2, 0.25) is 0 Å². The number of amides is 1. The smallest absolute Gasteiger partial charge is 0.248 e. The summed E-state index contributed by atoms with van der Waals surface area (Å²) < 4.78 is 4.85. The molecule has 2 rings (SSSR count). The second kappa shape index (κ2) is 3.64. The lowest BCUT2D eigenvalue weighted by molar-refractivity contribution is -0.135. The summed E-state index contributed by atoms with van der Waals surface area (Å²) in [6.07, 6.45) is 1.15. The summed E-state index contributed by atoms with van der Waals surface area (Å²) in [6.45, 7) is 3.17. The predicted molar refractivity (Wildman–Crippen MR) is 48.4 cm³/mol. The molecule has 1 amide bonds. The molecule has 0 aromatic carbocycles. The molecule has 2 heterocycles. The van der Waals surface area contributed by atoms with Crippen LogP contribution in [0.3, 0.4) is 0 Å². The average Bonchev–Trinajstić information content (AvgIpc) is 2.62. The number of nitrogens with one attached hydrogen (secondary N) is 1. The van der Waals surface area contributed by atoms with Crippen LogP contribution in [0, 0.1) is 5.92 Å². The highest BCUT2D eigenvalue weighted by Crippen LogP contribution is 2.26. The van der Waals surface area contributed by atoms with Gasteiger partial charge in [-0.1, -0.05) is 0 Å². The van der Waals surface area contributed by atoms with Gasteiger partial charge in [-0.2, -0.15) is 0 Å². The summed E-state index contributed by atoms with van der Waals surface area (Å²) in [7, 11) is 1.57. The molecular weight excluding hydrogens is 168 g/mol. The molecule has 2 saturated heterocycles. The lowest BCUT2D eigenvalue weighted by Crippen LogP contribution is -2.40. The van der Waals surface area contributed by atoms with Gasteiger partial charge in [-0.05, 0) is 12.3 Å². The quantitative estimate of drug-likeness (QED) is 0.626. The lowest BCUT2D eigenvalue weighted by atomic mass is 10.1. The third kappa shape index (κ3) is 1.56. The van der Waals surface area contributed by atoms with E-state index in [9.17, 15) is 4.79 Å². The number of carbonyl (C=O) groups is 1. The first kappa shape index (κ1) is 8.97. The number of likely N-dealkylation sites (tertiary alicyclic amines) is 1. The number of hydrogen-bond acceptors (Lipinski definition) is 3. The number of rotatable bonds is 2. The summed E-state index contributed by atoms with van der Waals surface area (Å²) in [5, 5.41) is 3.32. The van der Waals surface area contributed by atoms with Crippen molar-refractivity contribution in [3.05, 3.63) is 0 Å². The van der Waals surface area contributed by atoms with Crippen molar-refractivity contribution in [1.82, 2.24) is 10.2 Å². The summed E-state index contributed by atoms with van der Waals surface area (Å²) in [5.41, 5.74) is 0. The van der Waals surface area contributed by atoms with Crippen LogP contribution >= 0.6 is 0 Å². The number of carbonyl (C=O) groups excluding carboxylic acids is 1. The molecule has 0 radical (unpaired) electrons. The van der Waals surface area contributed by atoms with Gasteiger partial charge in [-0.3, -0.25) is 4.79 Å². The van der Waals surface area contributed by atoms with E-state index < -0.39 is 0 Å². The summed E-state index contributed by atoms with van der Waals surface area (Å²) in [5.74, 6) is 0.819.